The van der Waals surface area contributed by atoms with Crippen molar-refractivity contribution in [3.05, 3.63) is 29.8 Å². The van der Waals surface area contributed by atoms with E-state index in [0.717, 1.165) is 24.9 Å². The molecule has 124 valence electrons. The van der Waals surface area contributed by atoms with Gasteiger partial charge in [-0.2, -0.15) is 0 Å². The Bertz CT molecular complexity index is 591. The third-order valence-electron chi connectivity index (χ3n) is 4.80. The average molecular weight is 315 g/mol. The van der Waals surface area contributed by atoms with Crippen molar-refractivity contribution in [2.45, 2.75) is 56.9 Å². The molecule has 1 heterocycles. The van der Waals surface area contributed by atoms with Crippen LogP contribution in [0.25, 0.3) is 0 Å². The van der Waals surface area contributed by atoms with Crippen molar-refractivity contribution in [1.29, 1.82) is 0 Å². The number of aliphatic imine (C=N–C) groups is 1. The predicted octanol–water partition coefficient (Wildman–Crippen LogP) is 2.95. The fraction of sp³-hybridized carbons (Fsp3) is 0.556. The van der Waals surface area contributed by atoms with Crippen LogP contribution in [0.1, 0.15) is 51.0 Å². The van der Waals surface area contributed by atoms with Gasteiger partial charge >= 0.3 is 0 Å². The summed E-state index contributed by atoms with van der Waals surface area (Å²) in [7, 11) is 0. The average Bonchev–Trinajstić information content (AvgIpc) is 3.21. The highest BCUT2D eigenvalue weighted by atomic mass is 16.5. The van der Waals surface area contributed by atoms with E-state index in [4.69, 9.17) is 10.5 Å². The number of carbonyl (C=O) groups is 1. The number of carbonyl (C=O) groups excluding carboxylic acids is 1. The van der Waals surface area contributed by atoms with Gasteiger partial charge in [0.15, 0.2) is 0 Å². The standard InChI is InChI=1S/C18H25N3O2/c1-2-3-16(22)20-14-6-4-13(5-7-14)18(10-11-18)9-8-15-12-23-17(19)21-15/h4-7,15H,2-3,8-12H2,1H3,(H2,19,21)(H,20,22). The number of rotatable bonds is 7. The highest BCUT2D eigenvalue weighted by Crippen LogP contribution is 2.52. The summed E-state index contributed by atoms with van der Waals surface area (Å²) >= 11 is 0. The summed E-state index contributed by atoms with van der Waals surface area (Å²) < 4.78 is 5.22. The summed E-state index contributed by atoms with van der Waals surface area (Å²) in [4.78, 5) is 15.9. The van der Waals surface area contributed by atoms with Gasteiger partial charge in [0.2, 0.25) is 5.91 Å². The number of anilines is 1. The van der Waals surface area contributed by atoms with Crippen LogP contribution in [0.3, 0.4) is 0 Å². The maximum atomic E-state index is 11.6. The van der Waals surface area contributed by atoms with Gasteiger partial charge in [0, 0.05) is 12.1 Å². The van der Waals surface area contributed by atoms with E-state index in [1.54, 1.807) is 0 Å². The number of hydrogen-bond donors (Lipinski definition) is 2. The van der Waals surface area contributed by atoms with Crippen LogP contribution in [0.5, 0.6) is 0 Å². The molecule has 1 fully saturated rings. The number of nitrogens with two attached hydrogens (primary N) is 1. The lowest BCUT2D eigenvalue weighted by atomic mass is 9.89. The van der Waals surface area contributed by atoms with Gasteiger partial charge in [-0.05, 0) is 55.2 Å². The maximum absolute atomic E-state index is 11.6. The molecule has 0 aromatic heterocycles. The molecule has 5 nitrogen and oxygen atoms in total. The van der Waals surface area contributed by atoms with Crippen LogP contribution in [0.15, 0.2) is 29.3 Å². The van der Waals surface area contributed by atoms with Gasteiger partial charge in [0.05, 0.1) is 6.04 Å². The van der Waals surface area contributed by atoms with E-state index in [0.29, 0.717) is 24.5 Å². The Labute approximate surface area is 137 Å². The van der Waals surface area contributed by atoms with E-state index >= 15 is 0 Å². The summed E-state index contributed by atoms with van der Waals surface area (Å²) in [6, 6.07) is 8.86. The van der Waals surface area contributed by atoms with Crippen LogP contribution in [0.2, 0.25) is 0 Å². The van der Waals surface area contributed by atoms with Crippen molar-refractivity contribution in [1.82, 2.24) is 0 Å². The molecule has 3 N–H and O–H groups in total. The summed E-state index contributed by atoms with van der Waals surface area (Å²) in [5, 5.41) is 2.94. The first-order valence-corrected chi connectivity index (χ1v) is 8.48. The van der Waals surface area contributed by atoms with E-state index in [1.807, 2.05) is 19.1 Å². The molecule has 0 spiro atoms. The fourth-order valence-electron chi connectivity index (χ4n) is 3.22. The molecule has 3 rings (SSSR count). The van der Waals surface area contributed by atoms with Crippen LogP contribution in [-0.4, -0.2) is 24.6 Å². The zero-order valence-electron chi connectivity index (χ0n) is 13.7. The number of amidine groups is 1. The molecular formula is C18H25N3O2. The van der Waals surface area contributed by atoms with Crippen molar-refractivity contribution in [3.63, 3.8) is 0 Å². The second kappa shape index (κ2) is 6.60. The number of ether oxygens (including phenoxy) is 1. The molecule has 1 saturated carbocycles. The second-order valence-corrected chi connectivity index (χ2v) is 6.63. The topological polar surface area (TPSA) is 76.7 Å². The number of hydrogen-bond acceptors (Lipinski definition) is 4. The number of nitrogens with one attached hydrogen (secondary N) is 1. The van der Waals surface area contributed by atoms with Crippen molar-refractivity contribution in [2.75, 3.05) is 11.9 Å². The van der Waals surface area contributed by atoms with E-state index < -0.39 is 0 Å². The van der Waals surface area contributed by atoms with Crippen molar-refractivity contribution in [3.8, 4) is 0 Å². The SMILES string of the molecule is CCCC(=O)Nc1ccc(C2(CCC3COC(N)=N3)CC2)cc1. The lowest BCUT2D eigenvalue weighted by Crippen LogP contribution is -2.14. The minimum Gasteiger partial charge on any atom is -0.463 e. The largest absolute Gasteiger partial charge is 0.463 e. The van der Waals surface area contributed by atoms with Gasteiger partial charge in [-0.15, -0.1) is 0 Å². The van der Waals surface area contributed by atoms with Crippen LogP contribution in [-0.2, 0) is 14.9 Å². The Hall–Kier alpha value is -2.04. The van der Waals surface area contributed by atoms with Gasteiger partial charge in [-0.25, -0.2) is 4.99 Å². The Kier molecular flexibility index (Phi) is 4.55. The summed E-state index contributed by atoms with van der Waals surface area (Å²) in [6.07, 6.45) is 6.00. The van der Waals surface area contributed by atoms with Crippen molar-refractivity contribution >= 4 is 17.6 Å². The third-order valence-corrected chi connectivity index (χ3v) is 4.80. The molecule has 0 bridgehead atoms. The number of nitrogens with zero attached hydrogens (tertiary/aromatic N) is 1. The van der Waals surface area contributed by atoms with Crippen LogP contribution < -0.4 is 11.1 Å². The molecule has 1 aromatic rings. The zero-order valence-corrected chi connectivity index (χ0v) is 13.7. The molecule has 1 atom stereocenters. The van der Waals surface area contributed by atoms with E-state index in [-0.39, 0.29) is 11.9 Å². The molecule has 1 aliphatic carbocycles. The van der Waals surface area contributed by atoms with Gasteiger partial charge in [0.1, 0.15) is 6.61 Å². The fourth-order valence-corrected chi connectivity index (χ4v) is 3.22. The summed E-state index contributed by atoms with van der Waals surface area (Å²) in [6.45, 7) is 2.62. The summed E-state index contributed by atoms with van der Waals surface area (Å²) in [5.74, 6) is 0.0815. The Morgan fingerprint density at radius 1 is 1.39 bits per heavy atom. The lowest BCUT2D eigenvalue weighted by molar-refractivity contribution is -0.116. The lowest BCUT2D eigenvalue weighted by Gasteiger charge is -2.17. The molecule has 0 saturated heterocycles. The molecule has 1 aliphatic heterocycles. The van der Waals surface area contributed by atoms with Gasteiger partial charge < -0.3 is 15.8 Å². The molecular weight excluding hydrogens is 290 g/mol. The minimum absolute atomic E-state index is 0.0815. The highest BCUT2D eigenvalue weighted by molar-refractivity contribution is 5.90. The molecule has 1 unspecified atom stereocenters. The Balaban J connectivity index is 1.57. The monoisotopic (exact) mass is 315 g/mol. The van der Waals surface area contributed by atoms with E-state index in [1.165, 1.54) is 18.4 Å². The van der Waals surface area contributed by atoms with Crippen molar-refractivity contribution in [2.24, 2.45) is 10.7 Å². The third kappa shape index (κ3) is 3.84. The number of benzene rings is 1. The van der Waals surface area contributed by atoms with Gasteiger partial charge in [-0.3, -0.25) is 4.79 Å². The number of amides is 1. The first-order valence-electron chi connectivity index (χ1n) is 8.48. The molecule has 2 aliphatic rings. The molecule has 23 heavy (non-hydrogen) atoms. The normalized spacial score (nSPS) is 21.4. The van der Waals surface area contributed by atoms with Crippen LogP contribution >= 0.6 is 0 Å². The second-order valence-electron chi connectivity index (χ2n) is 6.63. The first-order chi connectivity index (χ1) is 11.1. The van der Waals surface area contributed by atoms with E-state index in [2.05, 4.69) is 22.4 Å². The summed E-state index contributed by atoms with van der Waals surface area (Å²) in [5.41, 5.74) is 8.09. The van der Waals surface area contributed by atoms with Crippen LogP contribution in [0.4, 0.5) is 5.69 Å². The minimum atomic E-state index is 0.0815. The van der Waals surface area contributed by atoms with Crippen LogP contribution in [0, 0.1) is 0 Å². The Morgan fingerprint density at radius 2 is 2.13 bits per heavy atom. The smallest absolute Gasteiger partial charge is 0.282 e. The Morgan fingerprint density at radius 3 is 2.70 bits per heavy atom. The first kappa shape index (κ1) is 15.8. The highest BCUT2D eigenvalue weighted by Gasteiger charge is 2.44. The molecule has 1 aromatic carbocycles. The molecule has 1 amide bonds. The zero-order chi connectivity index (χ0) is 16.3. The van der Waals surface area contributed by atoms with Gasteiger partial charge in [-0.1, -0.05) is 19.1 Å². The maximum Gasteiger partial charge on any atom is 0.282 e. The van der Waals surface area contributed by atoms with Crippen molar-refractivity contribution < 1.29 is 9.53 Å². The molecule has 5 heteroatoms. The van der Waals surface area contributed by atoms with E-state index in [9.17, 15) is 4.79 Å². The quantitative estimate of drug-likeness (QED) is 0.812. The van der Waals surface area contributed by atoms with Gasteiger partial charge in [0.25, 0.3) is 6.02 Å². The predicted molar refractivity (Wildman–Crippen MR) is 91.5 cm³/mol. The molecule has 0 radical (unpaired) electrons.